The highest BCUT2D eigenvalue weighted by Gasteiger charge is 2.01. The first-order chi connectivity index (χ1) is 13.1. The van der Waals surface area contributed by atoms with Crippen molar-refractivity contribution in [2.24, 2.45) is 10.2 Å². The number of nitrogen functional groups attached to an aromatic ring is 1. The molecule has 0 fully saturated rings. The van der Waals surface area contributed by atoms with Crippen molar-refractivity contribution in [1.29, 1.82) is 0 Å². The summed E-state index contributed by atoms with van der Waals surface area (Å²) in [7, 11) is 0. The van der Waals surface area contributed by atoms with E-state index in [2.05, 4.69) is 31.0 Å². The van der Waals surface area contributed by atoms with Gasteiger partial charge in [0.15, 0.2) is 11.6 Å². The number of rotatable bonds is 6. The normalized spacial score (nSPS) is 11.2. The molecule has 0 aliphatic carbocycles. The molecule has 2 aromatic carbocycles. The summed E-state index contributed by atoms with van der Waals surface area (Å²) in [6.45, 7) is 0. The van der Waals surface area contributed by atoms with Crippen LogP contribution in [0.15, 0.2) is 64.8 Å². The first-order valence-electron chi connectivity index (χ1n) is 7.83. The zero-order valence-corrected chi connectivity index (χ0v) is 15.5. The monoisotopic (exact) mass is 399 g/mol. The summed E-state index contributed by atoms with van der Waals surface area (Å²) in [6, 6.07) is 16.3. The summed E-state index contributed by atoms with van der Waals surface area (Å²) in [4.78, 5) is 8.13. The molecule has 0 spiro atoms. The van der Waals surface area contributed by atoms with Crippen molar-refractivity contribution in [3.8, 4) is 0 Å². The van der Waals surface area contributed by atoms with Gasteiger partial charge in [0.2, 0.25) is 5.95 Å². The molecule has 0 saturated carbocycles. The lowest BCUT2D eigenvalue weighted by molar-refractivity contribution is 1.13. The van der Waals surface area contributed by atoms with E-state index in [9.17, 15) is 0 Å². The second kappa shape index (κ2) is 8.98. The first kappa shape index (κ1) is 18.6. The lowest BCUT2D eigenvalue weighted by Gasteiger charge is -2.05. The SMILES string of the molecule is Nc1nc(NN=Cc2ccccc2Cl)cc(NN=Cc2ccccc2Cl)n1. The number of aromatic nitrogens is 2. The van der Waals surface area contributed by atoms with E-state index in [0.29, 0.717) is 21.7 Å². The summed E-state index contributed by atoms with van der Waals surface area (Å²) in [5, 5.41) is 9.41. The quantitative estimate of drug-likeness (QED) is 0.424. The molecule has 0 aliphatic heterocycles. The third-order valence-corrected chi connectivity index (χ3v) is 4.01. The van der Waals surface area contributed by atoms with Gasteiger partial charge in [-0.05, 0) is 12.1 Å². The summed E-state index contributed by atoms with van der Waals surface area (Å²) in [6.07, 6.45) is 3.17. The van der Waals surface area contributed by atoms with Crippen LogP contribution in [-0.4, -0.2) is 22.4 Å². The van der Waals surface area contributed by atoms with Crippen LogP contribution >= 0.6 is 23.2 Å². The molecule has 0 saturated heterocycles. The Kier molecular flexibility index (Phi) is 6.19. The van der Waals surface area contributed by atoms with Gasteiger partial charge >= 0.3 is 0 Å². The Morgan fingerprint density at radius 3 is 1.67 bits per heavy atom. The van der Waals surface area contributed by atoms with Crippen LogP contribution in [0, 0.1) is 0 Å². The van der Waals surface area contributed by atoms with Gasteiger partial charge in [0.05, 0.1) is 12.4 Å². The number of anilines is 3. The molecule has 4 N–H and O–H groups in total. The molecule has 3 rings (SSSR count). The average Bonchev–Trinajstić information content (AvgIpc) is 2.64. The largest absolute Gasteiger partial charge is 0.368 e. The highest BCUT2D eigenvalue weighted by molar-refractivity contribution is 6.33. The lowest BCUT2D eigenvalue weighted by Crippen LogP contribution is -2.03. The van der Waals surface area contributed by atoms with Crippen LogP contribution in [0.2, 0.25) is 10.0 Å². The van der Waals surface area contributed by atoms with Crippen LogP contribution in [0.1, 0.15) is 11.1 Å². The molecule has 1 aromatic heterocycles. The van der Waals surface area contributed by atoms with Crippen LogP contribution in [-0.2, 0) is 0 Å². The van der Waals surface area contributed by atoms with Gasteiger partial charge in [0, 0.05) is 27.2 Å². The number of benzene rings is 2. The number of halogens is 2. The van der Waals surface area contributed by atoms with Crippen molar-refractivity contribution in [2.75, 3.05) is 16.6 Å². The van der Waals surface area contributed by atoms with E-state index in [1.54, 1.807) is 30.6 Å². The Labute approximate surface area is 165 Å². The average molecular weight is 400 g/mol. The van der Waals surface area contributed by atoms with Gasteiger partial charge in [-0.25, -0.2) is 0 Å². The van der Waals surface area contributed by atoms with E-state index >= 15 is 0 Å². The van der Waals surface area contributed by atoms with Gasteiger partial charge in [-0.15, -0.1) is 0 Å². The Bertz CT molecular complexity index is 913. The number of hydrogen-bond acceptors (Lipinski definition) is 7. The summed E-state index contributed by atoms with van der Waals surface area (Å²) in [5.41, 5.74) is 12.8. The zero-order valence-electron chi connectivity index (χ0n) is 14.0. The standard InChI is InChI=1S/C18H15Cl2N7/c19-14-7-3-1-5-12(14)10-22-26-16-9-17(25-18(21)24-16)27-23-11-13-6-2-4-8-15(13)20/h1-11H,(H4,21,24,25,26,27). The van der Waals surface area contributed by atoms with Crippen LogP contribution in [0.5, 0.6) is 0 Å². The molecule has 7 nitrogen and oxygen atoms in total. The Balaban J connectivity index is 1.67. The van der Waals surface area contributed by atoms with Gasteiger partial charge in [-0.2, -0.15) is 20.2 Å². The molecule has 3 aromatic rings. The van der Waals surface area contributed by atoms with Gasteiger partial charge in [-0.1, -0.05) is 59.6 Å². The number of hydrazone groups is 2. The van der Waals surface area contributed by atoms with E-state index in [0.717, 1.165) is 11.1 Å². The van der Waals surface area contributed by atoms with Crippen molar-refractivity contribution < 1.29 is 0 Å². The van der Waals surface area contributed by atoms with Crippen LogP contribution in [0.4, 0.5) is 17.6 Å². The van der Waals surface area contributed by atoms with E-state index in [4.69, 9.17) is 28.9 Å². The molecule has 0 unspecified atom stereocenters. The molecule has 0 radical (unpaired) electrons. The van der Waals surface area contributed by atoms with Crippen molar-refractivity contribution in [3.05, 3.63) is 75.8 Å². The molecule has 136 valence electrons. The lowest BCUT2D eigenvalue weighted by atomic mass is 10.2. The number of nitrogens with one attached hydrogen (secondary N) is 2. The van der Waals surface area contributed by atoms with Crippen LogP contribution in [0.3, 0.4) is 0 Å². The highest BCUT2D eigenvalue weighted by atomic mass is 35.5. The molecule has 0 atom stereocenters. The molecular weight excluding hydrogens is 385 g/mol. The molecule has 9 heteroatoms. The fraction of sp³-hybridized carbons (Fsp3) is 0. The van der Waals surface area contributed by atoms with Crippen LogP contribution in [0.25, 0.3) is 0 Å². The third-order valence-electron chi connectivity index (χ3n) is 3.32. The predicted molar refractivity (Wildman–Crippen MR) is 112 cm³/mol. The highest BCUT2D eigenvalue weighted by Crippen LogP contribution is 2.15. The molecular formula is C18H15Cl2N7. The summed E-state index contributed by atoms with van der Waals surface area (Å²) >= 11 is 12.2. The summed E-state index contributed by atoms with van der Waals surface area (Å²) < 4.78 is 0. The summed E-state index contributed by atoms with van der Waals surface area (Å²) in [5.74, 6) is 0.880. The molecule has 0 bridgehead atoms. The van der Waals surface area contributed by atoms with Gasteiger partial charge in [0.25, 0.3) is 0 Å². The molecule has 0 aliphatic rings. The topological polar surface area (TPSA) is 101 Å². The fourth-order valence-corrected chi connectivity index (χ4v) is 2.44. The maximum absolute atomic E-state index is 6.08. The molecule has 0 amide bonds. The maximum atomic E-state index is 6.08. The molecule has 1 heterocycles. The fourth-order valence-electron chi connectivity index (χ4n) is 2.08. The maximum Gasteiger partial charge on any atom is 0.224 e. The van der Waals surface area contributed by atoms with Gasteiger partial charge in [0.1, 0.15) is 0 Å². The minimum Gasteiger partial charge on any atom is -0.368 e. The van der Waals surface area contributed by atoms with Crippen molar-refractivity contribution in [2.45, 2.75) is 0 Å². The first-order valence-corrected chi connectivity index (χ1v) is 8.59. The Hall–Kier alpha value is -3.16. The van der Waals surface area contributed by atoms with E-state index in [1.807, 2.05) is 36.4 Å². The minimum atomic E-state index is 0.0726. The number of hydrogen-bond donors (Lipinski definition) is 3. The zero-order chi connectivity index (χ0) is 19.1. The predicted octanol–water partition coefficient (Wildman–Crippen LogP) is 4.26. The molecule has 27 heavy (non-hydrogen) atoms. The van der Waals surface area contributed by atoms with Crippen molar-refractivity contribution in [3.63, 3.8) is 0 Å². The number of nitrogens with zero attached hydrogens (tertiary/aromatic N) is 4. The smallest absolute Gasteiger partial charge is 0.224 e. The number of nitrogens with two attached hydrogens (primary N) is 1. The third kappa shape index (κ3) is 5.40. The second-order valence-corrected chi connectivity index (χ2v) is 6.09. The second-order valence-electron chi connectivity index (χ2n) is 5.28. The van der Waals surface area contributed by atoms with E-state index in [1.165, 1.54) is 0 Å². The van der Waals surface area contributed by atoms with Gasteiger partial charge < -0.3 is 5.73 Å². The Morgan fingerprint density at radius 1 is 0.778 bits per heavy atom. The minimum absolute atomic E-state index is 0.0726. The van der Waals surface area contributed by atoms with E-state index in [-0.39, 0.29) is 5.95 Å². The van der Waals surface area contributed by atoms with E-state index < -0.39 is 0 Å². The van der Waals surface area contributed by atoms with Crippen LogP contribution < -0.4 is 16.6 Å². The van der Waals surface area contributed by atoms with Gasteiger partial charge in [-0.3, -0.25) is 10.9 Å². The van der Waals surface area contributed by atoms with Crippen molar-refractivity contribution >= 4 is 53.2 Å². The van der Waals surface area contributed by atoms with Crippen molar-refractivity contribution in [1.82, 2.24) is 9.97 Å². The Morgan fingerprint density at radius 2 is 1.22 bits per heavy atom.